The maximum absolute atomic E-state index is 5.92. The molecule has 0 atom stereocenters. The Labute approximate surface area is 103 Å². The van der Waals surface area contributed by atoms with Crippen LogP contribution >= 0.6 is 0 Å². The van der Waals surface area contributed by atoms with Crippen LogP contribution in [0.5, 0.6) is 0 Å². The van der Waals surface area contributed by atoms with Crippen molar-refractivity contribution in [2.75, 3.05) is 6.54 Å². The second-order valence-electron chi connectivity index (χ2n) is 5.62. The van der Waals surface area contributed by atoms with Crippen LogP contribution in [0.2, 0.25) is 0 Å². The summed E-state index contributed by atoms with van der Waals surface area (Å²) in [6.45, 7) is 0.696. The van der Waals surface area contributed by atoms with Crippen molar-refractivity contribution in [3.63, 3.8) is 0 Å². The van der Waals surface area contributed by atoms with Gasteiger partial charge in [-0.3, -0.25) is 0 Å². The summed E-state index contributed by atoms with van der Waals surface area (Å²) >= 11 is 0. The van der Waals surface area contributed by atoms with E-state index < -0.39 is 0 Å². The predicted octanol–water partition coefficient (Wildman–Crippen LogP) is 2.51. The fourth-order valence-corrected chi connectivity index (χ4v) is 3.20. The first-order valence-electron chi connectivity index (χ1n) is 6.88. The lowest BCUT2D eigenvalue weighted by atomic mass is 9.68. The Balaban J connectivity index is 1.88. The second kappa shape index (κ2) is 4.37. The smallest absolute Gasteiger partial charge is 0.135 e. The van der Waals surface area contributed by atoms with Crippen LogP contribution in [0, 0.1) is 0 Å². The first-order valence-corrected chi connectivity index (χ1v) is 6.88. The van der Waals surface area contributed by atoms with E-state index in [0.29, 0.717) is 12.5 Å². The van der Waals surface area contributed by atoms with Gasteiger partial charge in [0.05, 0.1) is 0 Å². The minimum Gasteiger partial charge on any atom is -0.329 e. The molecule has 3 heteroatoms. The SMILES string of the molecule is NCC1(c2nccc(C3CCCC3)n2)CCC1. The fraction of sp³-hybridized carbons (Fsp3) is 0.714. The zero-order valence-electron chi connectivity index (χ0n) is 10.4. The van der Waals surface area contributed by atoms with Gasteiger partial charge in [-0.05, 0) is 31.7 Å². The average Bonchev–Trinajstić information content (AvgIpc) is 2.82. The van der Waals surface area contributed by atoms with Gasteiger partial charge in [-0.2, -0.15) is 0 Å². The maximum atomic E-state index is 5.92. The van der Waals surface area contributed by atoms with Crippen molar-refractivity contribution in [1.29, 1.82) is 0 Å². The predicted molar refractivity (Wildman–Crippen MR) is 67.8 cm³/mol. The maximum Gasteiger partial charge on any atom is 0.135 e. The highest BCUT2D eigenvalue weighted by Gasteiger charge is 2.40. The fourth-order valence-electron chi connectivity index (χ4n) is 3.20. The molecular formula is C14H21N3. The highest BCUT2D eigenvalue weighted by Crippen LogP contribution is 2.42. The van der Waals surface area contributed by atoms with Gasteiger partial charge in [0.2, 0.25) is 0 Å². The lowest BCUT2D eigenvalue weighted by molar-refractivity contribution is 0.237. The zero-order chi connectivity index (χ0) is 11.7. The number of nitrogens with zero attached hydrogens (tertiary/aromatic N) is 2. The first kappa shape index (κ1) is 11.1. The Morgan fingerprint density at radius 1 is 1.24 bits per heavy atom. The molecule has 0 spiro atoms. The first-order chi connectivity index (χ1) is 8.34. The molecule has 92 valence electrons. The van der Waals surface area contributed by atoms with Gasteiger partial charge in [0.25, 0.3) is 0 Å². The molecule has 0 bridgehead atoms. The monoisotopic (exact) mass is 231 g/mol. The molecule has 0 aliphatic heterocycles. The molecule has 3 rings (SSSR count). The van der Waals surface area contributed by atoms with Crippen molar-refractivity contribution in [1.82, 2.24) is 9.97 Å². The van der Waals surface area contributed by atoms with Crippen LogP contribution in [0.4, 0.5) is 0 Å². The molecule has 2 aliphatic rings. The van der Waals surface area contributed by atoms with E-state index in [9.17, 15) is 0 Å². The Bertz CT molecular complexity index is 387. The normalized spacial score (nSPS) is 23.6. The summed E-state index contributed by atoms with van der Waals surface area (Å²) in [4.78, 5) is 9.31. The molecule has 0 aromatic carbocycles. The molecule has 1 aromatic heterocycles. The van der Waals surface area contributed by atoms with E-state index in [1.165, 1.54) is 37.8 Å². The Kier molecular flexibility index (Phi) is 2.87. The van der Waals surface area contributed by atoms with Gasteiger partial charge in [0.1, 0.15) is 5.82 Å². The number of hydrogen-bond acceptors (Lipinski definition) is 3. The van der Waals surface area contributed by atoms with Gasteiger partial charge in [-0.25, -0.2) is 9.97 Å². The summed E-state index contributed by atoms with van der Waals surface area (Å²) in [7, 11) is 0. The van der Waals surface area contributed by atoms with Gasteiger partial charge in [-0.1, -0.05) is 19.3 Å². The second-order valence-corrected chi connectivity index (χ2v) is 5.62. The summed E-state index contributed by atoms with van der Waals surface area (Å²) in [5.41, 5.74) is 7.29. The third kappa shape index (κ3) is 1.86. The van der Waals surface area contributed by atoms with Gasteiger partial charge < -0.3 is 5.73 Å². The molecule has 2 N–H and O–H groups in total. The number of rotatable bonds is 3. The number of nitrogens with two attached hydrogens (primary N) is 1. The molecule has 0 saturated heterocycles. The molecule has 1 aromatic rings. The summed E-state index contributed by atoms with van der Waals surface area (Å²) in [5, 5.41) is 0. The molecular weight excluding hydrogens is 210 g/mol. The van der Waals surface area contributed by atoms with Crippen molar-refractivity contribution in [3.05, 3.63) is 23.8 Å². The lowest BCUT2D eigenvalue weighted by Crippen LogP contribution is -2.43. The third-order valence-corrected chi connectivity index (χ3v) is 4.63. The largest absolute Gasteiger partial charge is 0.329 e. The Morgan fingerprint density at radius 2 is 2.00 bits per heavy atom. The number of aromatic nitrogens is 2. The van der Waals surface area contributed by atoms with Crippen molar-refractivity contribution in [2.45, 2.75) is 56.3 Å². The van der Waals surface area contributed by atoms with Gasteiger partial charge >= 0.3 is 0 Å². The highest BCUT2D eigenvalue weighted by atomic mass is 14.9. The van der Waals surface area contributed by atoms with Gasteiger partial charge in [0, 0.05) is 29.8 Å². The minimum atomic E-state index is 0.106. The summed E-state index contributed by atoms with van der Waals surface area (Å²) in [6.07, 6.45) is 10.8. The van der Waals surface area contributed by atoms with E-state index in [1.807, 2.05) is 6.20 Å². The standard InChI is InChI=1S/C14H21N3/c15-10-14(7-3-8-14)13-16-9-6-12(17-13)11-4-1-2-5-11/h6,9,11H,1-5,7-8,10,15H2. The van der Waals surface area contributed by atoms with Gasteiger partial charge in [-0.15, -0.1) is 0 Å². The molecule has 2 saturated carbocycles. The molecule has 0 radical (unpaired) electrons. The van der Waals surface area contributed by atoms with Crippen LogP contribution in [0.1, 0.15) is 62.4 Å². The molecule has 2 fully saturated rings. The minimum absolute atomic E-state index is 0.106. The van der Waals surface area contributed by atoms with Crippen molar-refractivity contribution < 1.29 is 0 Å². The van der Waals surface area contributed by atoms with E-state index >= 15 is 0 Å². The topological polar surface area (TPSA) is 51.8 Å². The molecule has 3 nitrogen and oxygen atoms in total. The van der Waals surface area contributed by atoms with Crippen LogP contribution in [-0.4, -0.2) is 16.5 Å². The van der Waals surface area contributed by atoms with Crippen LogP contribution < -0.4 is 5.73 Å². The van der Waals surface area contributed by atoms with Crippen LogP contribution in [0.3, 0.4) is 0 Å². The molecule has 1 heterocycles. The lowest BCUT2D eigenvalue weighted by Gasteiger charge is -2.39. The Morgan fingerprint density at radius 3 is 2.59 bits per heavy atom. The van der Waals surface area contributed by atoms with Crippen molar-refractivity contribution >= 4 is 0 Å². The van der Waals surface area contributed by atoms with Crippen LogP contribution in [0.15, 0.2) is 12.3 Å². The van der Waals surface area contributed by atoms with Crippen LogP contribution in [0.25, 0.3) is 0 Å². The summed E-state index contributed by atoms with van der Waals surface area (Å²) in [5.74, 6) is 1.68. The molecule has 17 heavy (non-hydrogen) atoms. The Hall–Kier alpha value is -0.960. The molecule has 0 unspecified atom stereocenters. The van der Waals surface area contributed by atoms with Crippen molar-refractivity contribution in [2.24, 2.45) is 5.73 Å². The van der Waals surface area contributed by atoms with E-state index in [0.717, 1.165) is 18.7 Å². The summed E-state index contributed by atoms with van der Waals surface area (Å²) in [6, 6.07) is 2.10. The van der Waals surface area contributed by atoms with E-state index in [2.05, 4.69) is 11.1 Å². The molecule has 0 amide bonds. The van der Waals surface area contributed by atoms with E-state index in [1.54, 1.807) is 0 Å². The van der Waals surface area contributed by atoms with Crippen LogP contribution in [-0.2, 0) is 5.41 Å². The number of hydrogen-bond donors (Lipinski definition) is 1. The zero-order valence-corrected chi connectivity index (χ0v) is 10.4. The third-order valence-electron chi connectivity index (χ3n) is 4.63. The van der Waals surface area contributed by atoms with Gasteiger partial charge in [0.15, 0.2) is 0 Å². The quantitative estimate of drug-likeness (QED) is 0.869. The van der Waals surface area contributed by atoms with Crippen molar-refractivity contribution in [3.8, 4) is 0 Å². The molecule has 2 aliphatic carbocycles. The van der Waals surface area contributed by atoms with E-state index in [4.69, 9.17) is 10.7 Å². The van der Waals surface area contributed by atoms with E-state index in [-0.39, 0.29) is 5.41 Å². The summed E-state index contributed by atoms with van der Waals surface area (Å²) < 4.78 is 0. The average molecular weight is 231 g/mol. The highest BCUT2D eigenvalue weighted by molar-refractivity contribution is 5.18.